The average Bonchev–Trinajstić information content (AvgIpc) is 1.86. The molecule has 1 aromatic rings. The normalized spacial score (nSPS) is 11.5. The first kappa shape index (κ1) is 7.84. The highest BCUT2D eigenvalue weighted by Crippen LogP contribution is 2.27. The third kappa shape index (κ3) is 1.83. The summed E-state index contributed by atoms with van der Waals surface area (Å²) in [5.74, 6) is -1.15. The second kappa shape index (κ2) is 2.41. The number of nitrogens with one attached hydrogen (secondary N) is 1. The van der Waals surface area contributed by atoms with Gasteiger partial charge in [-0.05, 0) is 6.07 Å². The topological polar surface area (TPSA) is 37.0 Å². The van der Waals surface area contributed by atoms with Crippen LogP contribution in [0.15, 0.2) is 22.8 Å². The monoisotopic (exact) mass is 163 g/mol. The number of alkyl halides is 3. The van der Waals surface area contributed by atoms with Crippen LogP contribution in [0.25, 0.3) is 0 Å². The molecule has 0 aliphatic rings. The predicted octanol–water partition coefficient (Wildman–Crippen LogP) is 1.78. The Morgan fingerprint density at radius 3 is 2.36 bits per heavy atom. The van der Waals surface area contributed by atoms with Crippen LogP contribution < -0.4 is 5.36 Å². The van der Waals surface area contributed by atoms with Gasteiger partial charge in [0.1, 0.15) is 0 Å². The molecule has 5 heteroatoms. The van der Waals surface area contributed by atoms with E-state index < -0.39 is 11.9 Å². The van der Waals surface area contributed by atoms with E-state index in [1.807, 2.05) is 0 Å². The van der Waals surface area contributed by atoms with E-state index in [9.17, 15) is 13.2 Å². The van der Waals surface area contributed by atoms with E-state index in [0.29, 0.717) is 6.07 Å². The van der Waals surface area contributed by atoms with Crippen LogP contribution in [0.5, 0.6) is 0 Å². The quantitative estimate of drug-likeness (QED) is 0.621. The second-order valence-corrected chi connectivity index (χ2v) is 1.88. The summed E-state index contributed by atoms with van der Waals surface area (Å²) in [6, 6.07) is 1.76. The van der Waals surface area contributed by atoms with Gasteiger partial charge < -0.3 is 9.83 Å². The maximum atomic E-state index is 11.8. The molecule has 0 saturated carbocycles. The zero-order valence-electron chi connectivity index (χ0n) is 5.27. The summed E-state index contributed by atoms with van der Waals surface area (Å²) in [4.78, 5) is 0. The molecule has 2 nitrogen and oxygen atoms in total. The molecule has 60 valence electrons. The smallest absolute Gasteiger partial charge is 0.449 e. The lowest BCUT2D eigenvalue weighted by Gasteiger charge is -2.02. The van der Waals surface area contributed by atoms with Gasteiger partial charge in [0, 0.05) is 6.07 Å². The lowest BCUT2D eigenvalue weighted by molar-refractivity contribution is -0.154. The fraction of sp³-hybridized carbons (Fsp3) is 0.167. The van der Waals surface area contributed by atoms with Crippen LogP contribution in [-0.4, -0.2) is 0 Å². The van der Waals surface area contributed by atoms with E-state index in [1.54, 1.807) is 0 Å². The summed E-state index contributed by atoms with van der Waals surface area (Å²) >= 11 is 0. The minimum Gasteiger partial charge on any atom is -0.460 e. The van der Waals surface area contributed by atoms with Crippen LogP contribution in [0.1, 0.15) is 5.76 Å². The second-order valence-electron chi connectivity index (χ2n) is 1.88. The SMILES string of the molecule is N=c1ccoc(C(F)(F)F)c1. The first-order valence-corrected chi connectivity index (χ1v) is 2.71. The van der Waals surface area contributed by atoms with Crippen molar-refractivity contribution in [3.8, 4) is 0 Å². The molecular weight excluding hydrogens is 159 g/mol. The van der Waals surface area contributed by atoms with Crippen molar-refractivity contribution >= 4 is 0 Å². The van der Waals surface area contributed by atoms with Crippen molar-refractivity contribution in [1.82, 2.24) is 0 Å². The highest BCUT2D eigenvalue weighted by Gasteiger charge is 2.33. The van der Waals surface area contributed by atoms with E-state index in [-0.39, 0.29) is 5.36 Å². The highest BCUT2D eigenvalue weighted by molar-refractivity contribution is 5.01. The average molecular weight is 163 g/mol. The molecule has 0 aliphatic heterocycles. The third-order valence-corrected chi connectivity index (χ3v) is 1.01. The minimum absolute atomic E-state index is 0.219. The molecule has 0 fully saturated rings. The summed E-state index contributed by atoms with van der Waals surface area (Å²) in [6.07, 6.45) is -3.66. The first-order chi connectivity index (χ1) is 5.00. The summed E-state index contributed by atoms with van der Waals surface area (Å²) in [5, 5.41) is 6.64. The number of hydrogen-bond donors (Lipinski definition) is 1. The van der Waals surface area contributed by atoms with Gasteiger partial charge in [-0.1, -0.05) is 0 Å². The van der Waals surface area contributed by atoms with Crippen molar-refractivity contribution in [3.63, 3.8) is 0 Å². The van der Waals surface area contributed by atoms with Crippen molar-refractivity contribution in [2.45, 2.75) is 6.18 Å². The molecule has 1 N–H and O–H groups in total. The van der Waals surface area contributed by atoms with Crippen molar-refractivity contribution < 1.29 is 17.6 Å². The van der Waals surface area contributed by atoms with Crippen LogP contribution in [0.2, 0.25) is 0 Å². The number of rotatable bonds is 0. The van der Waals surface area contributed by atoms with E-state index in [1.165, 1.54) is 0 Å². The van der Waals surface area contributed by atoms with Crippen LogP contribution in [0.4, 0.5) is 13.2 Å². The summed E-state index contributed by atoms with van der Waals surface area (Å²) in [7, 11) is 0. The molecule has 1 rings (SSSR count). The zero-order valence-corrected chi connectivity index (χ0v) is 5.27. The summed E-state index contributed by atoms with van der Waals surface area (Å²) in [5.41, 5.74) is 0. The van der Waals surface area contributed by atoms with Crippen LogP contribution in [0, 0.1) is 5.41 Å². The van der Waals surface area contributed by atoms with Gasteiger partial charge in [0.25, 0.3) is 0 Å². The van der Waals surface area contributed by atoms with E-state index in [4.69, 9.17) is 5.41 Å². The summed E-state index contributed by atoms with van der Waals surface area (Å²) < 4.78 is 39.5. The Balaban J connectivity index is 3.16. The van der Waals surface area contributed by atoms with Crippen LogP contribution in [-0.2, 0) is 6.18 Å². The lowest BCUT2D eigenvalue weighted by atomic mass is 10.4. The molecule has 0 aromatic carbocycles. The minimum atomic E-state index is -4.50. The predicted molar refractivity (Wildman–Crippen MR) is 29.6 cm³/mol. The van der Waals surface area contributed by atoms with Gasteiger partial charge in [0.2, 0.25) is 5.76 Å². The fourth-order valence-electron chi connectivity index (χ4n) is 0.553. The Bertz CT molecular complexity index is 301. The largest absolute Gasteiger partial charge is 0.460 e. The van der Waals surface area contributed by atoms with Crippen molar-refractivity contribution in [2.24, 2.45) is 0 Å². The van der Waals surface area contributed by atoms with Crippen LogP contribution in [0.3, 0.4) is 0 Å². The Morgan fingerprint density at radius 2 is 2.00 bits per heavy atom. The number of halogens is 3. The molecule has 1 heterocycles. The standard InChI is InChI=1S/C6H4F3NO/c7-6(8,9)5-3-4(10)1-2-11-5/h1-3,10H. The molecule has 11 heavy (non-hydrogen) atoms. The molecule has 0 bridgehead atoms. The van der Waals surface area contributed by atoms with Gasteiger partial charge in [-0.2, -0.15) is 13.2 Å². The number of hydrogen-bond acceptors (Lipinski definition) is 2. The maximum Gasteiger partial charge on any atom is 0.449 e. The van der Waals surface area contributed by atoms with E-state index >= 15 is 0 Å². The molecule has 0 saturated heterocycles. The van der Waals surface area contributed by atoms with Gasteiger partial charge in [-0.3, -0.25) is 0 Å². The Morgan fingerprint density at radius 1 is 1.36 bits per heavy atom. The maximum absolute atomic E-state index is 11.8. The van der Waals surface area contributed by atoms with E-state index in [2.05, 4.69) is 4.42 Å². The first-order valence-electron chi connectivity index (χ1n) is 2.71. The Kier molecular flexibility index (Phi) is 1.72. The van der Waals surface area contributed by atoms with E-state index in [0.717, 1.165) is 12.3 Å². The van der Waals surface area contributed by atoms with Crippen molar-refractivity contribution in [2.75, 3.05) is 0 Å². The molecule has 0 unspecified atom stereocenters. The Hall–Kier alpha value is -1.26. The third-order valence-electron chi connectivity index (χ3n) is 1.01. The fourth-order valence-corrected chi connectivity index (χ4v) is 0.553. The van der Waals surface area contributed by atoms with Gasteiger partial charge in [-0.15, -0.1) is 0 Å². The zero-order chi connectivity index (χ0) is 8.48. The lowest BCUT2D eigenvalue weighted by Crippen LogP contribution is -2.09. The molecular formula is C6H4F3NO. The highest BCUT2D eigenvalue weighted by atomic mass is 19.4. The van der Waals surface area contributed by atoms with Gasteiger partial charge >= 0.3 is 6.18 Å². The Labute approximate surface area is 59.8 Å². The van der Waals surface area contributed by atoms with Crippen molar-refractivity contribution in [1.29, 1.82) is 5.41 Å². The molecule has 0 aliphatic carbocycles. The van der Waals surface area contributed by atoms with Gasteiger partial charge in [0.05, 0.1) is 11.6 Å². The molecule has 1 aromatic heterocycles. The van der Waals surface area contributed by atoms with Gasteiger partial charge in [0.15, 0.2) is 0 Å². The van der Waals surface area contributed by atoms with Crippen LogP contribution >= 0.6 is 0 Å². The molecule has 0 atom stereocenters. The molecule has 0 radical (unpaired) electrons. The van der Waals surface area contributed by atoms with Crippen molar-refractivity contribution in [3.05, 3.63) is 29.5 Å². The summed E-state index contributed by atoms with van der Waals surface area (Å²) in [6.45, 7) is 0. The molecule has 0 spiro atoms. The van der Waals surface area contributed by atoms with Gasteiger partial charge in [-0.25, -0.2) is 0 Å². The molecule has 0 amide bonds.